The zero-order valence-corrected chi connectivity index (χ0v) is 16.6. The minimum absolute atomic E-state index is 0.0112. The highest BCUT2D eigenvalue weighted by atomic mass is 19.4. The third kappa shape index (κ3) is 6.29. The molecule has 0 radical (unpaired) electrons. The quantitative estimate of drug-likeness (QED) is 0.374. The Labute approximate surface area is 183 Å². The number of nitro groups is 1. The Hall–Kier alpha value is -4.42. The summed E-state index contributed by atoms with van der Waals surface area (Å²) in [7, 11) is 0. The third-order valence-electron chi connectivity index (χ3n) is 4.21. The van der Waals surface area contributed by atoms with Crippen LogP contribution in [0, 0.1) is 10.1 Å². The van der Waals surface area contributed by atoms with Gasteiger partial charge in [0.1, 0.15) is 11.5 Å². The number of rotatable bonds is 8. The second-order valence-electron chi connectivity index (χ2n) is 6.67. The fourth-order valence-corrected chi connectivity index (χ4v) is 2.73. The lowest BCUT2D eigenvalue weighted by Crippen LogP contribution is -2.15. The van der Waals surface area contributed by atoms with Crippen molar-refractivity contribution in [3.05, 3.63) is 76.1 Å². The predicted octanol–water partition coefficient (Wildman–Crippen LogP) is 4.33. The van der Waals surface area contributed by atoms with Crippen molar-refractivity contribution in [3.63, 3.8) is 0 Å². The van der Waals surface area contributed by atoms with E-state index in [4.69, 9.17) is 9.84 Å². The van der Waals surface area contributed by atoms with Crippen molar-refractivity contribution in [1.29, 1.82) is 0 Å². The molecular formula is C20H15F3N4O6. The maximum absolute atomic E-state index is 12.9. The number of nitro benzene ring substituents is 1. The van der Waals surface area contributed by atoms with Gasteiger partial charge in [-0.2, -0.15) is 18.3 Å². The Balaban J connectivity index is 1.73. The number of aromatic nitrogens is 2. The number of non-ortho nitro benzene ring substituents is 1. The molecule has 2 aromatic carbocycles. The number of nitrogens with one attached hydrogen (secondary N) is 1. The first kappa shape index (κ1) is 23.2. The zero-order chi connectivity index (χ0) is 24.2. The van der Waals surface area contributed by atoms with Crippen molar-refractivity contribution in [3.8, 4) is 11.5 Å². The molecule has 0 saturated heterocycles. The molecule has 10 nitrogen and oxygen atoms in total. The highest BCUT2D eigenvalue weighted by Crippen LogP contribution is 2.34. The number of hydrogen-bond acceptors (Lipinski definition) is 6. The average Bonchev–Trinajstić information content (AvgIpc) is 3.21. The van der Waals surface area contributed by atoms with Crippen molar-refractivity contribution in [2.75, 3.05) is 5.32 Å². The van der Waals surface area contributed by atoms with Gasteiger partial charge in [-0.25, -0.2) is 4.79 Å². The number of carbonyl (C=O) groups is 2. The van der Waals surface area contributed by atoms with Crippen LogP contribution in [0.15, 0.2) is 54.7 Å². The maximum Gasteiger partial charge on any atom is 0.416 e. The minimum Gasteiger partial charge on any atom is -0.476 e. The molecule has 0 saturated carbocycles. The molecule has 13 heteroatoms. The normalized spacial score (nSPS) is 11.1. The number of carbonyl (C=O) groups excluding carboxylic acids is 1. The smallest absolute Gasteiger partial charge is 0.416 e. The number of nitrogens with zero attached hydrogens (tertiary/aromatic N) is 3. The Morgan fingerprint density at radius 3 is 2.55 bits per heavy atom. The van der Waals surface area contributed by atoms with Crippen LogP contribution in [0.3, 0.4) is 0 Å². The van der Waals surface area contributed by atoms with Crippen molar-refractivity contribution >= 4 is 23.3 Å². The van der Waals surface area contributed by atoms with E-state index >= 15 is 0 Å². The van der Waals surface area contributed by atoms with E-state index in [1.54, 1.807) is 0 Å². The molecule has 1 aromatic heterocycles. The molecule has 1 heterocycles. The molecule has 33 heavy (non-hydrogen) atoms. The number of benzene rings is 2. The van der Waals surface area contributed by atoms with Crippen LogP contribution in [0.4, 0.5) is 24.5 Å². The number of hydrogen-bond donors (Lipinski definition) is 2. The fraction of sp³-hybridized carbons (Fsp3) is 0.150. The first-order chi connectivity index (χ1) is 15.5. The van der Waals surface area contributed by atoms with Crippen molar-refractivity contribution in [1.82, 2.24) is 9.78 Å². The second-order valence-corrected chi connectivity index (χ2v) is 6.67. The van der Waals surface area contributed by atoms with E-state index in [9.17, 15) is 32.9 Å². The van der Waals surface area contributed by atoms with Crippen LogP contribution in [0.2, 0.25) is 0 Å². The summed E-state index contributed by atoms with van der Waals surface area (Å²) in [6.07, 6.45) is -3.35. The molecule has 2 N–H and O–H groups in total. The van der Waals surface area contributed by atoms with Gasteiger partial charge in [0.25, 0.3) is 5.69 Å². The lowest BCUT2D eigenvalue weighted by atomic mass is 10.2. The minimum atomic E-state index is -4.60. The molecule has 0 aliphatic rings. The summed E-state index contributed by atoms with van der Waals surface area (Å²) >= 11 is 0. The molecule has 0 atom stereocenters. The molecule has 0 bridgehead atoms. The molecule has 3 rings (SSSR count). The van der Waals surface area contributed by atoms with E-state index in [-0.39, 0.29) is 35.8 Å². The molecule has 0 spiro atoms. The van der Waals surface area contributed by atoms with Crippen LogP contribution in [0.25, 0.3) is 0 Å². The number of halogens is 3. The SMILES string of the molecule is O=C(CCn1ccc(C(=O)O)n1)Nc1cc(Oc2cccc(C(F)(F)F)c2)cc([N+](=O)[O-])c1. The summed E-state index contributed by atoms with van der Waals surface area (Å²) in [5, 5.41) is 26.3. The van der Waals surface area contributed by atoms with E-state index < -0.39 is 34.2 Å². The van der Waals surface area contributed by atoms with Crippen LogP contribution in [-0.4, -0.2) is 31.7 Å². The van der Waals surface area contributed by atoms with Crippen molar-refractivity contribution in [2.45, 2.75) is 19.1 Å². The molecule has 0 unspecified atom stereocenters. The van der Waals surface area contributed by atoms with Gasteiger partial charge in [0.2, 0.25) is 5.91 Å². The standard InChI is InChI=1S/C20H15F3N4O6/c21-20(22,23)12-2-1-3-15(8-12)33-16-10-13(9-14(11-16)27(31)32)24-18(28)5-7-26-6-4-17(25-26)19(29)30/h1-4,6,8-11H,5,7H2,(H,24,28)(H,29,30). The van der Waals surface area contributed by atoms with Gasteiger partial charge in [-0.05, 0) is 24.3 Å². The molecular weight excluding hydrogens is 449 g/mol. The summed E-state index contributed by atoms with van der Waals surface area (Å²) in [5.41, 5.74) is -1.61. The summed E-state index contributed by atoms with van der Waals surface area (Å²) in [6, 6.07) is 8.53. The highest BCUT2D eigenvalue weighted by molar-refractivity contribution is 5.91. The van der Waals surface area contributed by atoms with Crippen molar-refractivity contribution < 1.29 is 37.5 Å². The number of ether oxygens (including phenoxy) is 1. The summed E-state index contributed by atoms with van der Waals surface area (Å²) in [4.78, 5) is 33.5. The second kappa shape index (κ2) is 9.38. The molecule has 0 aliphatic heterocycles. The number of amides is 1. The Bertz CT molecular complexity index is 1210. The third-order valence-corrected chi connectivity index (χ3v) is 4.21. The van der Waals surface area contributed by atoms with E-state index in [1.807, 2.05) is 0 Å². The van der Waals surface area contributed by atoms with E-state index in [0.29, 0.717) is 0 Å². The number of alkyl halides is 3. The van der Waals surface area contributed by atoms with E-state index in [2.05, 4.69) is 10.4 Å². The largest absolute Gasteiger partial charge is 0.476 e. The van der Waals surface area contributed by atoms with Crippen LogP contribution in [0.5, 0.6) is 11.5 Å². The summed E-state index contributed by atoms with van der Waals surface area (Å²) < 4.78 is 45.3. The number of aromatic carboxylic acids is 1. The summed E-state index contributed by atoms with van der Waals surface area (Å²) in [5.74, 6) is -2.14. The van der Waals surface area contributed by atoms with Crippen LogP contribution in [0.1, 0.15) is 22.5 Å². The van der Waals surface area contributed by atoms with Gasteiger partial charge in [-0.15, -0.1) is 0 Å². The van der Waals surface area contributed by atoms with Gasteiger partial charge in [0, 0.05) is 31.3 Å². The van der Waals surface area contributed by atoms with Gasteiger partial charge in [0.05, 0.1) is 22.2 Å². The molecule has 172 valence electrons. The lowest BCUT2D eigenvalue weighted by Gasteiger charge is -2.11. The van der Waals surface area contributed by atoms with Gasteiger partial charge < -0.3 is 15.2 Å². The van der Waals surface area contributed by atoms with E-state index in [1.165, 1.54) is 29.1 Å². The maximum atomic E-state index is 12.9. The monoisotopic (exact) mass is 464 g/mol. The lowest BCUT2D eigenvalue weighted by molar-refractivity contribution is -0.384. The van der Waals surface area contributed by atoms with Crippen LogP contribution >= 0.6 is 0 Å². The Kier molecular flexibility index (Phi) is 6.61. The highest BCUT2D eigenvalue weighted by Gasteiger charge is 2.30. The predicted molar refractivity (Wildman–Crippen MR) is 107 cm³/mol. The topological polar surface area (TPSA) is 137 Å². The fourth-order valence-electron chi connectivity index (χ4n) is 2.73. The number of aryl methyl sites for hydroxylation is 1. The van der Waals surface area contributed by atoms with Gasteiger partial charge >= 0.3 is 12.1 Å². The molecule has 1 amide bonds. The van der Waals surface area contributed by atoms with Crippen LogP contribution in [-0.2, 0) is 17.5 Å². The summed E-state index contributed by atoms with van der Waals surface area (Å²) in [6.45, 7) is 0.0433. The average molecular weight is 464 g/mol. The molecule has 0 aliphatic carbocycles. The van der Waals surface area contributed by atoms with Gasteiger partial charge in [-0.3, -0.25) is 19.6 Å². The zero-order valence-electron chi connectivity index (χ0n) is 16.6. The first-order valence-corrected chi connectivity index (χ1v) is 9.22. The van der Waals surface area contributed by atoms with Crippen molar-refractivity contribution in [2.24, 2.45) is 0 Å². The Morgan fingerprint density at radius 2 is 1.91 bits per heavy atom. The number of carboxylic acid groups (broad SMARTS) is 1. The van der Waals surface area contributed by atoms with Gasteiger partial charge in [-0.1, -0.05) is 6.07 Å². The van der Waals surface area contributed by atoms with Gasteiger partial charge in [0.15, 0.2) is 5.69 Å². The van der Waals surface area contributed by atoms with Crippen LogP contribution < -0.4 is 10.1 Å². The first-order valence-electron chi connectivity index (χ1n) is 9.22. The van der Waals surface area contributed by atoms with E-state index in [0.717, 1.165) is 30.3 Å². The number of carboxylic acids is 1. The number of anilines is 1. The molecule has 0 fully saturated rings. The molecule has 3 aromatic rings. The Morgan fingerprint density at radius 1 is 1.15 bits per heavy atom.